The highest BCUT2D eigenvalue weighted by molar-refractivity contribution is 6.28. The van der Waals surface area contributed by atoms with Gasteiger partial charge >= 0.3 is 11.4 Å². The van der Waals surface area contributed by atoms with Gasteiger partial charge in [-0.1, -0.05) is 67.9 Å². The van der Waals surface area contributed by atoms with Gasteiger partial charge in [0.2, 0.25) is 28.8 Å². The van der Waals surface area contributed by atoms with Gasteiger partial charge in [-0.2, -0.15) is 18.7 Å². The first-order chi connectivity index (χ1) is 49.9. The number of likely N-dealkylation sites (N-methyl/N-ethyl adjacent to an activating group) is 2. The van der Waals surface area contributed by atoms with Gasteiger partial charge in [0.15, 0.2) is 0 Å². The predicted molar refractivity (Wildman–Crippen MR) is 399 cm³/mol. The number of fused-ring (bicyclic) bond motifs is 6. The Kier molecular flexibility index (Phi) is 22.5. The topological polar surface area (TPSA) is 304 Å². The number of nitrogens with two attached hydrogens (primary N) is 1. The number of halogens is 3. The normalized spacial score (nSPS) is 15.0. The van der Waals surface area contributed by atoms with E-state index >= 15 is 0 Å². The van der Waals surface area contributed by atoms with E-state index in [4.69, 9.17) is 31.8 Å². The summed E-state index contributed by atoms with van der Waals surface area (Å²) in [6.07, 6.45) is 14.9. The molecule has 27 nitrogen and oxygen atoms in total. The van der Waals surface area contributed by atoms with Crippen molar-refractivity contribution in [3.05, 3.63) is 210 Å². The van der Waals surface area contributed by atoms with E-state index in [2.05, 4.69) is 148 Å². The molecule has 6 aliphatic rings. The maximum atomic E-state index is 13.9. The number of hydrogen-bond donors (Lipinski definition) is 3. The molecule has 0 unspecified atom stereocenters. The molecule has 0 atom stereocenters. The lowest BCUT2D eigenvalue weighted by Crippen LogP contribution is -2.29. The molecule has 6 aromatic carbocycles. The molecule has 3 aliphatic carbocycles. The Morgan fingerprint density at radius 3 is 1.29 bits per heavy atom. The lowest BCUT2D eigenvalue weighted by atomic mass is 9.99. The third-order valence-electron chi connectivity index (χ3n) is 19.2. The minimum atomic E-state index is -0.972. The summed E-state index contributed by atoms with van der Waals surface area (Å²) in [6, 6.07) is 38.1. The Morgan fingerprint density at radius 2 is 0.904 bits per heavy atom. The van der Waals surface area contributed by atoms with E-state index in [9.17, 15) is 39.1 Å². The number of nitro groups is 3. The van der Waals surface area contributed by atoms with E-state index < -0.39 is 32.9 Å². The van der Waals surface area contributed by atoms with Crippen molar-refractivity contribution in [2.24, 2.45) is 0 Å². The molecule has 6 heterocycles. The van der Waals surface area contributed by atoms with Crippen LogP contribution in [0.2, 0.25) is 5.28 Å². The number of nitrogen functional groups attached to an aromatic ring is 1. The van der Waals surface area contributed by atoms with Crippen molar-refractivity contribution >= 4 is 97.8 Å². The van der Waals surface area contributed by atoms with E-state index in [1.165, 1.54) is 93.4 Å². The molecule has 30 heteroatoms. The van der Waals surface area contributed by atoms with Crippen LogP contribution in [0.4, 0.5) is 95.0 Å². The molecule has 9 aromatic rings. The van der Waals surface area contributed by atoms with Crippen LogP contribution in [0, 0.1) is 42.0 Å². The summed E-state index contributed by atoms with van der Waals surface area (Å²) in [6.45, 7) is 7.60. The summed E-state index contributed by atoms with van der Waals surface area (Å²) < 4.78 is 42.2. The molecule has 3 saturated carbocycles. The second kappa shape index (κ2) is 31.6. The van der Waals surface area contributed by atoms with Crippen LogP contribution in [-0.2, 0) is 16.2 Å². The number of nitrogens with one attached hydrogen (secondary N) is 2. The average Bonchev–Trinajstić information content (AvgIpc) is 1.58. The summed E-state index contributed by atoms with van der Waals surface area (Å²) in [7, 11) is 14.2. The highest BCUT2D eigenvalue weighted by Gasteiger charge is 2.54. The van der Waals surface area contributed by atoms with Gasteiger partial charge in [-0.15, -0.1) is 0 Å². The summed E-state index contributed by atoms with van der Waals surface area (Å²) in [4.78, 5) is 70.3. The maximum Gasteiger partial charge on any atom is 0.307 e. The molecule has 0 bridgehead atoms. The molecule has 3 spiro atoms. The van der Waals surface area contributed by atoms with Gasteiger partial charge in [0.25, 0.3) is 5.69 Å². The van der Waals surface area contributed by atoms with Crippen LogP contribution in [0.1, 0.15) is 75.0 Å². The van der Waals surface area contributed by atoms with Crippen LogP contribution in [0.3, 0.4) is 0 Å². The molecule has 15 rings (SSSR count). The van der Waals surface area contributed by atoms with E-state index in [-0.39, 0.29) is 50.3 Å². The number of anilines is 12. The molecule has 3 fully saturated rings. The Balaban J connectivity index is 0.000000142. The second-order valence-corrected chi connectivity index (χ2v) is 27.1. The molecule has 3 aromatic heterocycles. The molecule has 104 heavy (non-hydrogen) atoms. The standard InChI is InChI=1S/C26H31N7O3.C21H18FN5O3.C14H12ClN3.C7H7FN2O3.C6H15N/c1-30(2)13-14-31(3)21-16-23(36-4)19(15-22(21)33(34)35)28-25-27-12-9-24(29-25)32-17-26(10-11-26)18-7-5-6-8-20(18)32;1-30-18-10-14(22)17(27(28)29)11-15(18)24-20-23-9-6-19(25-20)26-12-21(7-8-21)13-4-2-3-5-16(13)26;15-13-16-8-5-12(17-13)18-9-14(6-7-14)10-3-1-2-4-11(10)18;1-13-7-2-4(8)6(10(11)12)3-5(7)9;1-4-5-6-7(2)3/h5-9,12,15-16H,10-11,13-14,17H2,1-4H3,(H,27,28,29);2-6,9-11H,7-8,12H2,1H3,(H,23,24,25);1-5,8H,6-7,9H2;2-3H,9H2,1H3;4-6H2,1-3H3. The van der Waals surface area contributed by atoms with Crippen molar-refractivity contribution in [2.75, 3.05) is 132 Å². The largest absolute Gasteiger partial charge is 0.494 e. The van der Waals surface area contributed by atoms with Crippen molar-refractivity contribution in [3.63, 3.8) is 0 Å². The minimum absolute atomic E-state index is 0.0140. The number of hydrogen-bond acceptors (Lipinski definition) is 24. The Hall–Kier alpha value is -11.2. The molecule has 0 saturated heterocycles. The number of unbranched alkanes of at least 4 members (excludes halogenated alkanes) is 1. The fourth-order valence-corrected chi connectivity index (χ4v) is 13.3. The zero-order valence-electron chi connectivity index (χ0n) is 59.3. The van der Waals surface area contributed by atoms with E-state index in [0.717, 1.165) is 86.4 Å². The van der Waals surface area contributed by atoms with Gasteiger partial charge in [0.05, 0.1) is 53.2 Å². The van der Waals surface area contributed by atoms with Gasteiger partial charge in [-0.3, -0.25) is 30.3 Å². The van der Waals surface area contributed by atoms with Crippen molar-refractivity contribution < 1.29 is 37.8 Å². The van der Waals surface area contributed by atoms with Crippen molar-refractivity contribution in [2.45, 2.75) is 74.5 Å². The number of nitrogens with zero attached hydrogens (tertiary/aromatic N) is 15. The number of methoxy groups -OCH3 is 3. The van der Waals surface area contributed by atoms with Gasteiger partial charge < -0.3 is 60.0 Å². The average molecular weight is 1440 g/mol. The van der Waals surface area contributed by atoms with Crippen molar-refractivity contribution in [1.82, 2.24) is 39.7 Å². The lowest BCUT2D eigenvalue weighted by Gasteiger charge is -2.23. The first-order valence-electron chi connectivity index (χ1n) is 33.9. The SMILES string of the molecule is CCCCN(C)C.COc1cc(F)c([N+](=O)[O-])cc1N.COc1cc(F)c([N+](=O)[O-])cc1Nc1nccc(N2CC3(CC3)c3ccccc32)n1.COc1cc(N(C)CCN(C)C)c([N+](=O)[O-])cc1Nc1nccc(N2CC3(CC3)c3ccccc32)n1.Clc1nccc(N2CC3(CC3)c3ccccc32)n1. The first kappa shape index (κ1) is 74.0. The highest BCUT2D eigenvalue weighted by Crippen LogP contribution is 2.60. The van der Waals surface area contributed by atoms with E-state index in [0.29, 0.717) is 40.3 Å². The van der Waals surface area contributed by atoms with Crippen LogP contribution in [0.15, 0.2) is 146 Å². The summed E-state index contributed by atoms with van der Waals surface area (Å²) >= 11 is 5.89. The zero-order valence-corrected chi connectivity index (χ0v) is 60.1. The highest BCUT2D eigenvalue weighted by atomic mass is 35.5. The zero-order chi connectivity index (χ0) is 74.2. The number of ether oxygens (including phenoxy) is 3. The van der Waals surface area contributed by atoms with E-state index in [1.807, 2.05) is 55.2 Å². The molecule has 544 valence electrons. The van der Waals surface area contributed by atoms with Crippen molar-refractivity contribution in [1.29, 1.82) is 0 Å². The Labute approximate surface area is 606 Å². The van der Waals surface area contributed by atoms with Crippen LogP contribution < -0.4 is 50.2 Å². The van der Waals surface area contributed by atoms with Crippen LogP contribution in [0.5, 0.6) is 17.2 Å². The third kappa shape index (κ3) is 16.5. The fourth-order valence-electron chi connectivity index (χ4n) is 13.1. The molecule has 4 N–H and O–H groups in total. The Bertz CT molecular complexity index is 4620. The fraction of sp³-hybridized carbons (Fsp3) is 0.351. The number of aromatic nitrogens is 6. The maximum absolute atomic E-state index is 13.9. The summed E-state index contributed by atoms with van der Waals surface area (Å²) in [5, 5.41) is 39.7. The minimum Gasteiger partial charge on any atom is -0.494 e. The van der Waals surface area contributed by atoms with Crippen molar-refractivity contribution in [3.8, 4) is 17.2 Å². The number of nitro benzene ring substituents is 3. The smallest absolute Gasteiger partial charge is 0.307 e. The van der Waals surface area contributed by atoms with Crippen LogP contribution in [-0.4, -0.2) is 150 Å². The number of para-hydroxylation sites is 3. The lowest BCUT2D eigenvalue weighted by molar-refractivity contribution is -0.387. The number of benzene rings is 6. The van der Waals surface area contributed by atoms with E-state index in [1.54, 1.807) is 31.8 Å². The van der Waals surface area contributed by atoms with Crippen LogP contribution in [0.25, 0.3) is 0 Å². The Morgan fingerprint density at radius 1 is 0.519 bits per heavy atom. The predicted octanol–water partition coefficient (Wildman–Crippen LogP) is 14.8. The molecular formula is C74H83ClF2N18O9. The first-order valence-corrected chi connectivity index (χ1v) is 34.3. The molecule has 0 radical (unpaired) electrons. The summed E-state index contributed by atoms with van der Waals surface area (Å²) in [5.74, 6) is 1.74. The molecular weight excluding hydrogens is 1360 g/mol. The second-order valence-electron chi connectivity index (χ2n) is 26.8. The van der Waals surface area contributed by atoms with Gasteiger partial charge in [-0.05, 0) is 144 Å². The molecule has 0 amide bonds. The molecule has 3 aliphatic heterocycles. The summed E-state index contributed by atoms with van der Waals surface area (Å²) in [5.41, 5.74) is 13.8. The van der Waals surface area contributed by atoms with Crippen LogP contribution >= 0.6 is 11.6 Å². The van der Waals surface area contributed by atoms with Gasteiger partial charge in [0, 0.05) is 128 Å². The van der Waals surface area contributed by atoms with Gasteiger partial charge in [-0.25, -0.2) is 19.9 Å². The monoisotopic (exact) mass is 1440 g/mol. The third-order valence-corrected chi connectivity index (χ3v) is 19.3. The quantitative estimate of drug-likeness (QED) is 0.0276. The van der Waals surface area contributed by atoms with Gasteiger partial charge in [0.1, 0.15) is 40.4 Å². The number of rotatable bonds is 20.